The van der Waals surface area contributed by atoms with Gasteiger partial charge in [-0.05, 0) is 37.1 Å². The Morgan fingerprint density at radius 2 is 2.26 bits per heavy atom. The van der Waals surface area contributed by atoms with Gasteiger partial charge in [-0.15, -0.1) is 0 Å². The summed E-state index contributed by atoms with van der Waals surface area (Å²) in [5.41, 5.74) is 0. The second kappa shape index (κ2) is 6.04. The molecule has 3 atom stereocenters. The van der Waals surface area contributed by atoms with Gasteiger partial charge in [-0.2, -0.15) is 0 Å². The number of ether oxygens (including phenoxy) is 2. The highest BCUT2D eigenvalue weighted by Gasteiger charge is 2.46. The van der Waals surface area contributed by atoms with Crippen molar-refractivity contribution in [3.05, 3.63) is 48.7 Å². The predicted octanol–water partition coefficient (Wildman–Crippen LogP) is 2.13. The first-order chi connectivity index (χ1) is 11.3. The van der Waals surface area contributed by atoms with Gasteiger partial charge in [0.05, 0.1) is 25.1 Å². The SMILES string of the molecule is O=C(c1ccco1)N1CCO[C@@H]2[C@@H](Oc3cccnc3)CC[C@H]21. The third kappa shape index (κ3) is 2.70. The molecule has 1 amide bonds. The number of aromatic nitrogens is 1. The van der Waals surface area contributed by atoms with E-state index in [0.29, 0.717) is 18.9 Å². The number of nitrogens with zero attached hydrogens (tertiary/aromatic N) is 2. The largest absolute Gasteiger partial charge is 0.486 e. The maximum absolute atomic E-state index is 12.6. The van der Waals surface area contributed by atoms with Crippen LogP contribution in [0.2, 0.25) is 0 Å². The van der Waals surface area contributed by atoms with Crippen molar-refractivity contribution in [3.63, 3.8) is 0 Å². The van der Waals surface area contributed by atoms with Crippen LogP contribution in [0, 0.1) is 0 Å². The van der Waals surface area contributed by atoms with Crippen molar-refractivity contribution < 1.29 is 18.7 Å². The first-order valence-electron chi connectivity index (χ1n) is 7.86. The minimum atomic E-state index is -0.108. The fourth-order valence-corrected chi connectivity index (χ4v) is 3.43. The van der Waals surface area contributed by atoms with Crippen molar-refractivity contribution >= 4 is 5.91 Å². The molecule has 120 valence electrons. The van der Waals surface area contributed by atoms with Gasteiger partial charge in [-0.25, -0.2) is 0 Å². The smallest absolute Gasteiger partial charge is 0.289 e. The third-order valence-electron chi connectivity index (χ3n) is 4.45. The van der Waals surface area contributed by atoms with Crippen molar-refractivity contribution in [3.8, 4) is 5.75 Å². The van der Waals surface area contributed by atoms with Crippen LogP contribution in [0.1, 0.15) is 23.4 Å². The number of furan rings is 1. The first-order valence-corrected chi connectivity index (χ1v) is 7.86. The molecule has 2 aromatic heterocycles. The summed E-state index contributed by atoms with van der Waals surface area (Å²) in [6.45, 7) is 1.10. The fourth-order valence-electron chi connectivity index (χ4n) is 3.43. The quantitative estimate of drug-likeness (QED) is 0.868. The monoisotopic (exact) mass is 314 g/mol. The lowest BCUT2D eigenvalue weighted by Crippen LogP contribution is -2.54. The second-order valence-electron chi connectivity index (χ2n) is 5.80. The summed E-state index contributed by atoms with van der Waals surface area (Å²) < 4.78 is 17.2. The lowest BCUT2D eigenvalue weighted by atomic mass is 10.1. The average molecular weight is 314 g/mol. The van der Waals surface area contributed by atoms with E-state index in [1.165, 1.54) is 6.26 Å². The third-order valence-corrected chi connectivity index (χ3v) is 4.45. The molecule has 3 heterocycles. The van der Waals surface area contributed by atoms with E-state index >= 15 is 0 Å². The molecule has 1 aliphatic heterocycles. The van der Waals surface area contributed by atoms with Crippen LogP contribution in [0.25, 0.3) is 0 Å². The highest BCUT2D eigenvalue weighted by Crippen LogP contribution is 2.33. The van der Waals surface area contributed by atoms with E-state index < -0.39 is 0 Å². The van der Waals surface area contributed by atoms with E-state index in [2.05, 4.69) is 4.98 Å². The molecule has 1 saturated heterocycles. The maximum Gasteiger partial charge on any atom is 0.289 e. The summed E-state index contributed by atoms with van der Waals surface area (Å²) in [5.74, 6) is 1.04. The summed E-state index contributed by atoms with van der Waals surface area (Å²) in [4.78, 5) is 18.5. The lowest BCUT2D eigenvalue weighted by Gasteiger charge is -2.38. The zero-order valence-corrected chi connectivity index (χ0v) is 12.6. The Morgan fingerprint density at radius 1 is 1.30 bits per heavy atom. The molecule has 0 aromatic carbocycles. The molecule has 0 radical (unpaired) electrons. The van der Waals surface area contributed by atoms with Crippen LogP contribution < -0.4 is 4.74 Å². The number of carbonyl (C=O) groups excluding carboxylic acids is 1. The summed E-state index contributed by atoms with van der Waals surface area (Å²) >= 11 is 0. The first kappa shape index (κ1) is 14.3. The topological polar surface area (TPSA) is 64.8 Å². The van der Waals surface area contributed by atoms with Gasteiger partial charge in [0, 0.05) is 12.7 Å². The Hall–Kier alpha value is -2.34. The Bertz CT molecular complexity index is 658. The van der Waals surface area contributed by atoms with Crippen molar-refractivity contribution in [1.82, 2.24) is 9.88 Å². The molecule has 4 rings (SSSR count). The van der Waals surface area contributed by atoms with Gasteiger partial charge in [0.15, 0.2) is 5.76 Å². The van der Waals surface area contributed by atoms with Crippen LogP contribution in [-0.4, -0.2) is 47.2 Å². The molecule has 1 saturated carbocycles. The molecule has 0 unspecified atom stereocenters. The van der Waals surface area contributed by atoms with Gasteiger partial charge in [0.2, 0.25) is 0 Å². The minimum absolute atomic E-state index is 0.0306. The number of fused-ring (bicyclic) bond motifs is 1. The lowest BCUT2D eigenvalue weighted by molar-refractivity contribution is -0.0792. The van der Waals surface area contributed by atoms with Gasteiger partial charge >= 0.3 is 0 Å². The van der Waals surface area contributed by atoms with E-state index in [-0.39, 0.29) is 24.2 Å². The Labute approximate surface area is 134 Å². The number of morpholine rings is 1. The van der Waals surface area contributed by atoms with Gasteiger partial charge < -0.3 is 18.8 Å². The minimum Gasteiger partial charge on any atom is -0.486 e. The molecular formula is C17H18N2O4. The molecule has 2 aliphatic rings. The highest BCUT2D eigenvalue weighted by atomic mass is 16.5. The molecule has 6 heteroatoms. The summed E-state index contributed by atoms with van der Waals surface area (Å²) in [5, 5.41) is 0. The highest BCUT2D eigenvalue weighted by molar-refractivity contribution is 5.91. The Balaban J connectivity index is 1.49. The van der Waals surface area contributed by atoms with Gasteiger partial charge in [0.1, 0.15) is 18.0 Å². The number of hydrogen-bond acceptors (Lipinski definition) is 5. The van der Waals surface area contributed by atoms with Crippen LogP contribution in [0.4, 0.5) is 0 Å². The normalized spacial score (nSPS) is 26.8. The number of hydrogen-bond donors (Lipinski definition) is 0. The van der Waals surface area contributed by atoms with Crippen LogP contribution in [-0.2, 0) is 4.74 Å². The fraction of sp³-hybridized carbons (Fsp3) is 0.412. The van der Waals surface area contributed by atoms with Crippen molar-refractivity contribution in [2.24, 2.45) is 0 Å². The number of amides is 1. The molecule has 0 spiro atoms. The van der Waals surface area contributed by atoms with Crippen molar-refractivity contribution in [2.75, 3.05) is 13.2 Å². The molecule has 0 bridgehead atoms. The summed E-state index contributed by atoms with van der Waals surface area (Å²) in [6.07, 6.45) is 6.48. The van der Waals surface area contributed by atoms with E-state index in [0.717, 1.165) is 18.6 Å². The Kier molecular flexibility index (Phi) is 3.75. The standard InChI is InChI=1S/C17H18N2O4/c20-17(15-4-2-9-21-15)19-8-10-22-16-13(19)5-6-14(16)23-12-3-1-7-18-11-12/h1-4,7,9,11,13-14,16H,5-6,8,10H2/t13-,14+,16+/m1/s1. The zero-order chi connectivity index (χ0) is 15.6. The number of carbonyl (C=O) groups is 1. The predicted molar refractivity (Wildman–Crippen MR) is 81.2 cm³/mol. The van der Waals surface area contributed by atoms with E-state index in [1.807, 2.05) is 17.0 Å². The maximum atomic E-state index is 12.6. The molecule has 1 aliphatic carbocycles. The van der Waals surface area contributed by atoms with Crippen LogP contribution in [0.15, 0.2) is 47.3 Å². The van der Waals surface area contributed by atoms with Gasteiger partial charge in [-0.1, -0.05) is 0 Å². The molecular weight excluding hydrogens is 296 g/mol. The molecule has 6 nitrogen and oxygen atoms in total. The number of pyridine rings is 1. The van der Waals surface area contributed by atoms with E-state index in [1.54, 1.807) is 24.5 Å². The van der Waals surface area contributed by atoms with E-state index in [4.69, 9.17) is 13.9 Å². The van der Waals surface area contributed by atoms with Crippen molar-refractivity contribution in [2.45, 2.75) is 31.1 Å². The van der Waals surface area contributed by atoms with Crippen LogP contribution >= 0.6 is 0 Å². The second-order valence-corrected chi connectivity index (χ2v) is 5.80. The molecule has 23 heavy (non-hydrogen) atoms. The zero-order valence-electron chi connectivity index (χ0n) is 12.6. The number of rotatable bonds is 3. The summed E-state index contributed by atoms with van der Waals surface area (Å²) in [7, 11) is 0. The van der Waals surface area contributed by atoms with Crippen molar-refractivity contribution in [1.29, 1.82) is 0 Å². The molecule has 0 N–H and O–H groups in total. The molecule has 2 fully saturated rings. The average Bonchev–Trinajstić information content (AvgIpc) is 3.25. The van der Waals surface area contributed by atoms with Crippen LogP contribution in [0.3, 0.4) is 0 Å². The molecule has 2 aromatic rings. The summed E-state index contributed by atoms with van der Waals surface area (Å²) in [6, 6.07) is 7.19. The van der Waals surface area contributed by atoms with Gasteiger partial charge in [-0.3, -0.25) is 9.78 Å². The Morgan fingerprint density at radius 3 is 3.04 bits per heavy atom. The van der Waals surface area contributed by atoms with Crippen LogP contribution in [0.5, 0.6) is 5.75 Å². The van der Waals surface area contributed by atoms with Gasteiger partial charge in [0.25, 0.3) is 5.91 Å². The van der Waals surface area contributed by atoms with E-state index in [9.17, 15) is 4.79 Å².